The summed E-state index contributed by atoms with van der Waals surface area (Å²) in [6.45, 7) is 3.97. The lowest BCUT2D eigenvalue weighted by Crippen LogP contribution is -2.33. The monoisotopic (exact) mass is 349 g/mol. The summed E-state index contributed by atoms with van der Waals surface area (Å²) in [4.78, 5) is 7.33. The van der Waals surface area contributed by atoms with Gasteiger partial charge in [-0.05, 0) is 31.9 Å². The van der Waals surface area contributed by atoms with Crippen LogP contribution in [0.15, 0.2) is 34.7 Å². The zero-order chi connectivity index (χ0) is 17.7. The van der Waals surface area contributed by atoms with Crippen molar-refractivity contribution in [3.05, 3.63) is 53.4 Å². The second kappa shape index (κ2) is 6.06. The first-order chi connectivity index (χ1) is 12.7. The van der Waals surface area contributed by atoms with Crippen LogP contribution in [0.25, 0.3) is 11.5 Å². The molecule has 0 spiro atoms. The third-order valence-corrected chi connectivity index (χ3v) is 5.63. The van der Waals surface area contributed by atoms with E-state index in [4.69, 9.17) is 9.40 Å². The molecule has 2 aromatic heterocycles. The highest BCUT2D eigenvalue weighted by Crippen LogP contribution is 2.40. The normalized spacial score (nSPS) is 18.7. The van der Waals surface area contributed by atoms with Crippen LogP contribution in [0.1, 0.15) is 54.8 Å². The summed E-state index contributed by atoms with van der Waals surface area (Å²) in [6.07, 6.45) is 3.60. The second-order valence-corrected chi connectivity index (χ2v) is 7.40. The van der Waals surface area contributed by atoms with E-state index in [0.717, 1.165) is 25.1 Å². The molecule has 26 heavy (non-hydrogen) atoms. The van der Waals surface area contributed by atoms with Crippen LogP contribution >= 0.6 is 0 Å². The van der Waals surface area contributed by atoms with Crippen molar-refractivity contribution in [2.45, 2.75) is 44.7 Å². The Balaban J connectivity index is 1.36. The Labute approximate surface area is 152 Å². The third-order valence-electron chi connectivity index (χ3n) is 5.63. The van der Waals surface area contributed by atoms with Crippen molar-refractivity contribution >= 4 is 0 Å². The van der Waals surface area contributed by atoms with Crippen LogP contribution in [-0.2, 0) is 20.0 Å². The van der Waals surface area contributed by atoms with Gasteiger partial charge >= 0.3 is 0 Å². The highest BCUT2D eigenvalue weighted by Gasteiger charge is 2.33. The molecule has 6 nitrogen and oxygen atoms in total. The van der Waals surface area contributed by atoms with Crippen LogP contribution in [0.3, 0.4) is 0 Å². The summed E-state index contributed by atoms with van der Waals surface area (Å²) in [7, 11) is 2.17. The first-order valence-electron chi connectivity index (χ1n) is 9.38. The lowest BCUT2D eigenvalue weighted by Gasteiger charge is -2.30. The molecule has 1 atom stereocenters. The Morgan fingerprint density at radius 1 is 1.15 bits per heavy atom. The lowest BCUT2D eigenvalue weighted by atomic mass is 10.1. The molecule has 1 aliphatic heterocycles. The minimum absolute atomic E-state index is 0.0829. The van der Waals surface area contributed by atoms with Crippen molar-refractivity contribution in [2.75, 3.05) is 6.54 Å². The molecule has 6 heteroatoms. The minimum Gasteiger partial charge on any atom is -0.419 e. The van der Waals surface area contributed by atoms with Gasteiger partial charge in [0.1, 0.15) is 5.82 Å². The topological polar surface area (TPSA) is 60.0 Å². The Bertz CT molecular complexity index is 925. The molecular weight excluding hydrogens is 326 g/mol. The summed E-state index contributed by atoms with van der Waals surface area (Å²) in [5.41, 5.74) is 3.57. The van der Waals surface area contributed by atoms with Gasteiger partial charge in [0.05, 0.1) is 11.7 Å². The smallest absolute Gasteiger partial charge is 0.247 e. The van der Waals surface area contributed by atoms with Gasteiger partial charge in [-0.15, -0.1) is 10.2 Å². The van der Waals surface area contributed by atoms with Gasteiger partial charge in [0.25, 0.3) is 0 Å². The van der Waals surface area contributed by atoms with Crippen molar-refractivity contribution in [3.63, 3.8) is 0 Å². The van der Waals surface area contributed by atoms with Crippen LogP contribution in [0.2, 0.25) is 0 Å². The van der Waals surface area contributed by atoms with Gasteiger partial charge in [-0.3, -0.25) is 4.90 Å². The molecule has 0 amide bonds. The summed E-state index contributed by atoms with van der Waals surface area (Å²) in [6, 6.07) is 10.0. The lowest BCUT2D eigenvalue weighted by molar-refractivity contribution is 0.164. The molecular formula is C20H23N5O. The molecule has 2 aliphatic rings. The van der Waals surface area contributed by atoms with E-state index in [-0.39, 0.29) is 6.04 Å². The second-order valence-electron chi connectivity index (χ2n) is 7.40. The average Bonchev–Trinajstić information content (AvgIpc) is 3.31. The maximum atomic E-state index is 5.96. The summed E-state index contributed by atoms with van der Waals surface area (Å²) < 4.78 is 8.29. The van der Waals surface area contributed by atoms with Crippen molar-refractivity contribution in [1.29, 1.82) is 0 Å². The molecule has 0 unspecified atom stereocenters. The molecule has 3 aromatic rings. The molecule has 5 rings (SSSR count). The van der Waals surface area contributed by atoms with Gasteiger partial charge in [0.15, 0.2) is 0 Å². The maximum Gasteiger partial charge on any atom is 0.247 e. The maximum absolute atomic E-state index is 5.96. The first kappa shape index (κ1) is 15.8. The van der Waals surface area contributed by atoms with E-state index in [1.54, 1.807) is 0 Å². The Morgan fingerprint density at radius 2 is 1.96 bits per heavy atom. The number of fused-ring (bicyclic) bond motifs is 1. The quantitative estimate of drug-likeness (QED) is 0.722. The van der Waals surface area contributed by atoms with E-state index >= 15 is 0 Å². The van der Waals surface area contributed by atoms with Gasteiger partial charge < -0.3 is 8.98 Å². The fraction of sp³-hybridized carbons (Fsp3) is 0.450. The number of hydrogen-bond acceptors (Lipinski definition) is 5. The fourth-order valence-electron chi connectivity index (χ4n) is 3.86. The van der Waals surface area contributed by atoms with Crippen LogP contribution in [-0.4, -0.2) is 31.2 Å². The molecule has 1 aromatic carbocycles. The first-order valence-corrected chi connectivity index (χ1v) is 9.38. The van der Waals surface area contributed by atoms with Crippen LogP contribution in [0, 0.1) is 0 Å². The number of benzene rings is 1. The van der Waals surface area contributed by atoms with Crippen molar-refractivity contribution < 1.29 is 4.42 Å². The molecule has 134 valence electrons. The summed E-state index contributed by atoms with van der Waals surface area (Å²) in [5.74, 6) is 3.21. The van der Waals surface area contributed by atoms with E-state index in [0.29, 0.717) is 17.7 Å². The standard InChI is InChI=1S/C20H23N5O/c1-13(19-22-23-20(26-19)15-6-4-3-5-7-15)25-11-10-17-16(12-25)21-18(24(17)2)14-8-9-14/h3-7,13-14H,8-12H2,1-2H3/t13-/m1/s1. The Hall–Kier alpha value is -2.47. The largest absolute Gasteiger partial charge is 0.419 e. The van der Waals surface area contributed by atoms with Crippen LogP contribution in [0.4, 0.5) is 0 Å². The minimum atomic E-state index is 0.0829. The molecule has 1 fully saturated rings. The van der Waals surface area contributed by atoms with E-state index < -0.39 is 0 Å². The van der Waals surface area contributed by atoms with Gasteiger partial charge in [0, 0.05) is 43.7 Å². The highest BCUT2D eigenvalue weighted by atomic mass is 16.4. The number of rotatable bonds is 4. The SMILES string of the molecule is C[C@H](c1nnc(-c2ccccc2)o1)N1CCc2c(nc(C3CC3)n2C)C1. The molecule has 0 bridgehead atoms. The number of hydrogen-bond donors (Lipinski definition) is 0. The van der Waals surface area contributed by atoms with Crippen molar-refractivity contribution in [2.24, 2.45) is 7.05 Å². The number of imidazole rings is 1. The molecule has 3 heterocycles. The predicted octanol–water partition coefficient (Wildman–Crippen LogP) is 3.47. The van der Waals surface area contributed by atoms with Crippen molar-refractivity contribution in [3.8, 4) is 11.5 Å². The predicted molar refractivity (Wildman–Crippen MR) is 97.4 cm³/mol. The Morgan fingerprint density at radius 3 is 2.73 bits per heavy atom. The summed E-state index contributed by atoms with van der Waals surface area (Å²) in [5, 5.41) is 8.53. The van der Waals surface area contributed by atoms with E-state index in [9.17, 15) is 0 Å². The third kappa shape index (κ3) is 2.65. The van der Waals surface area contributed by atoms with E-state index in [1.165, 1.54) is 30.1 Å². The molecule has 1 aliphatic carbocycles. The van der Waals surface area contributed by atoms with Gasteiger partial charge in [-0.1, -0.05) is 18.2 Å². The average molecular weight is 349 g/mol. The summed E-state index contributed by atoms with van der Waals surface area (Å²) >= 11 is 0. The zero-order valence-electron chi connectivity index (χ0n) is 15.2. The molecule has 1 saturated carbocycles. The zero-order valence-corrected chi connectivity index (χ0v) is 15.2. The van der Waals surface area contributed by atoms with E-state index in [2.05, 4.69) is 33.6 Å². The molecule has 0 radical (unpaired) electrons. The molecule has 0 N–H and O–H groups in total. The molecule has 0 saturated heterocycles. The van der Waals surface area contributed by atoms with Gasteiger partial charge in [0.2, 0.25) is 11.8 Å². The van der Waals surface area contributed by atoms with Gasteiger partial charge in [-0.2, -0.15) is 0 Å². The number of nitrogens with zero attached hydrogens (tertiary/aromatic N) is 5. The fourth-order valence-corrected chi connectivity index (χ4v) is 3.86. The van der Waals surface area contributed by atoms with Crippen LogP contribution in [0.5, 0.6) is 0 Å². The Kier molecular flexibility index (Phi) is 3.67. The number of aromatic nitrogens is 4. The van der Waals surface area contributed by atoms with E-state index in [1.807, 2.05) is 30.3 Å². The van der Waals surface area contributed by atoms with Crippen LogP contribution < -0.4 is 0 Å². The highest BCUT2D eigenvalue weighted by molar-refractivity contribution is 5.51. The van der Waals surface area contributed by atoms with Crippen molar-refractivity contribution in [1.82, 2.24) is 24.6 Å². The van der Waals surface area contributed by atoms with Gasteiger partial charge in [-0.25, -0.2) is 4.98 Å².